The molecule has 0 fully saturated rings. The van der Waals surface area contributed by atoms with Crippen molar-refractivity contribution in [1.29, 1.82) is 0 Å². The molecular weight excluding hydrogens is 386 g/mol. The molecule has 6 nitrogen and oxygen atoms in total. The summed E-state index contributed by atoms with van der Waals surface area (Å²) in [5.74, 6) is 0. The van der Waals surface area contributed by atoms with E-state index in [1.807, 2.05) is 37.3 Å². The number of carbonyl (C=O) groups is 1. The van der Waals surface area contributed by atoms with E-state index in [0.29, 0.717) is 22.5 Å². The number of hydrogen-bond donors (Lipinski definition) is 3. The zero-order valence-electron chi connectivity index (χ0n) is 16.5. The lowest BCUT2D eigenvalue weighted by atomic mass is 10.1. The maximum absolute atomic E-state index is 13.0. The molecule has 29 heavy (non-hydrogen) atoms. The van der Waals surface area contributed by atoms with E-state index in [1.165, 1.54) is 0 Å². The first-order chi connectivity index (χ1) is 13.8. The molecule has 150 valence electrons. The Bertz CT molecular complexity index is 1120. The van der Waals surface area contributed by atoms with Crippen molar-refractivity contribution >= 4 is 33.1 Å². The number of amides is 2. The van der Waals surface area contributed by atoms with Crippen LogP contribution in [0.4, 0.5) is 21.9 Å². The molecule has 0 heterocycles. The van der Waals surface area contributed by atoms with Gasteiger partial charge in [-0.15, -0.1) is 0 Å². The minimum Gasteiger partial charge on any atom is -0.308 e. The van der Waals surface area contributed by atoms with Crippen molar-refractivity contribution in [3.05, 3.63) is 83.4 Å². The third-order valence-electron chi connectivity index (χ3n) is 4.32. The van der Waals surface area contributed by atoms with Gasteiger partial charge in [0.15, 0.2) is 0 Å². The predicted molar refractivity (Wildman–Crippen MR) is 117 cm³/mol. The summed E-state index contributed by atoms with van der Waals surface area (Å²) in [5.41, 5.74) is 3.61. The lowest BCUT2D eigenvalue weighted by Crippen LogP contribution is -2.22. The van der Waals surface area contributed by atoms with Gasteiger partial charge in [0.2, 0.25) is 0 Å². The standard InChI is InChI=1S/C22H23N3O3S/c1-15-13-16(2)21(17(3)14-15)29(27,28)25-20-12-8-7-11-19(20)24-22(26)23-18-9-5-4-6-10-18/h4-14,25H,1-3H3,(H2,23,24,26). The highest BCUT2D eigenvalue weighted by Gasteiger charge is 2.21. The Morgan fingerprint density at radius 1 is 0.759 bits per heavy atom. The van der Waals surface area contributed by atoms with E-state index in [9.17, 15) is 13.2 Å². The maximum Gasteiger partial charge on any atom is 0.323 e. The number of anilines is 3. The molecule has 0 saturated carbocycles. The van der Waals surface area contributed by atoms with Crippen LogP contribution < -0.4 is 15.4 Å². The first kappa shape index (κ1) is 20.4. The Morgan fingerprint density at radius 3 is 1.93 bits per heavy atom. The van der Waals surface area contributed by atoms with E-state index in [1.54, 1.807) is 50.2 Å². The number of rotatable bonds is 5. The zero-order valence-corrected chi connectivity index (χ0v) is 17.3. The van der Waals surface area contributed by atoms with Gasteiger partial charge in [0.05, 0.1) is 16.3 Å². The van der Waals surface area contributed by atoms with Crippen LogP contribution in [0.2, 0.25) is 0 Å². The Balaban J connectivity index is 1.85. The van der Waals surface area contributed by atoms with Gasteiger partial charge in [0, 0.05) is 5.69 Å². The Hall–Kier alpha value is -3.32. The minimum absolute atomic E-state index is 0.242. The van der Waals surface area contributed by atoms with E-state index in [4.69, 9.17) is 0 Å². The fourth-order valence-electron chi connectivity index (χ4n) is 3.27. The lowest BCUT2D eigenvalue weighted by Gasteiger charge is -2.16. The molecule has 0 unspecified atom stereocenters. The maximum atomic E-state index is 13.0. The van der Waals surface area contributed by atoms with E-state index < -0.39 is 16.1 Å². The molecule has 3 aromatic rings. The van der Waals surface area contributed by atoms with Crippen molar-refractivity contribution in [3.8, 4) is 0 Å². The highest BCUT2D eigenvalue weighted by Crippen LogP contribution is 2.28. The van der Waals surface area contributed by atoms with Crippen LogP contribution in [-0.2, 0) is 10.0 Å². The second-order valence-corrected chi connectivity index (χ2v) is 8.44. The van der Waals surface area contributed by atoms with Crippen LogP contribution in [0.5, 0.6) is 0 Å². The summed E-state index contributed by atoms with van der Waals surface area (Å²) in [7, 11) is -3.83. The van der Waals surface area contributed by atoms with Crippen molar-refractivity contribution < 1.29 is 13.2 Å². The number of nitrogens with one attached hydrogen (secondary N) is 3. The van der Waals surface area contributed by atoms with Gasteiger partial charge in [-0.25, -0.2) is 13.2 Å². The average Bonchev–Trinajstić information content (AvgIpc) is 2.62. The number of sulfonamides is 1. The fourth-order valence-corrected chi connectivity index (χ4v) is 4.81. The molecule has 0 saturated heterocycles. The Kier molecular flexibility index (Phi) is 5.89. The molecular formula is C22H23N3O3S. The molecule has 0 aromatic heterocycles. The van der Waals surface area contributed by atoms with Gasteiger partial charge in [0.1, 0.15) is 0 Å². The number of benzene rings is 3. The summed E-state index contributed by atoms with van der Waals surface area (Å²) in [5, 5.41) is 5.40. The van der Waals surface area contributed by atoms with E-state index in [0.717, 1.165) is 5.56 Å². The summed E-state index contributed by atoms with van der Waals surface area (Å²) < 4.78 is 28.7. The van der Waals surface area contributed by atoms with Crippen LogP contribution in [0, 0.1) is 20.8 Å². The Morgan fingerprint density at radius 2 is 1.31 bits per heavy atom. The molecule has 0 bridgehead atoms. The monoisotopic (exact) mass is 409 g/mol. The molecule has 3 aromatic carbocycles. The summed E-state index contributed by atoms with van der Waals surface area (Å²) >= 11 is 0. The molecule has 0 aliphatic heterocycles. The van der Waals surface area contributed by atoms with Gasteiger partial charge in [-0.3, -0.25) is 4.72 Å². The molecule has 0 atom stereocenters. The number of carbonyl (C=O) groups excluding carboxylic acids is 1. The second kappa shape index (κ2) is 8.36. The summed E-state index contributed by atoms with van der Waals surface area (Å²) in [6, 6.07) is 18.9. The molecule has 7 heteroatoms. The third-order valence-corrected chi connectivity index (χ3v) is 5.99. The first-order valence-corrected chi connectivity index (χ1v) is 10.6. The zero-order chi connectivity index (χ0) is 21.0. The highest BCUT2D eigenvalue weighted by atomic mass is 32.2. The number of urea groups is 1. The van der Waals surface area contributed by atoms with Gasteiger partial charge in [-0.05, 0) is 56.2 Å². The number of hydrogen-bond acceptors (Lipinski definition) is 3. The first-order valence-electron chi connectivity index (χ1n) is 9.09. The smallest absolute Gasteiger partial charge is 0.308 e. The largest absolute Gasteiger partial charge is 0.323 e. The Labute approximate surface area is 171 Å². The SMILES string of the molecule is Cc1cc(C)c(S(=O)(=O)Nc2ccccc2NC(=O)Nc2ccccc2)c(C)c1. The molecule has 2 amide bonds. The highest BCUT2D eigenvalue weighted by molar-refractivity contribution is 7.92. The molecule has 3 N–H and O–H groups in total. The fraction of sp³-hybridized carbons (Fsp3) is 0.136. The summed E-state index contributed by atoms with van der Waals surface area (Å²) in [6.45, 7) is 5.46. The van der Waals surface area contributed by atoms with E-state index >= 15 is 0 Å². The minimum atomic E-state index is -3.83. The molecule has 0 radical (unpaired) electrons. The van der Waals surface area contributed by atoms with Crippen molar-refractivity contribution in [2.75, 3.05) is 15.4 Å². The van der Waals surface area contributed by atoms with Crippen molar-refractivity contribution in [1.82, 2.24) is 0 Å². The second-order valence-electron chi connectivity index (χ2n) is 6.82. The van der Waals surface area contributed by atoms with Crippen LogP contribution in [0.25, 0.3) is 0 Å². The van der Waals surface area contributed by atoms with E-state index in [2.05, 4.69) is 15.4 Å². The average molecular weight is 410 g/mol. The predicted octanol–water partition coefficient (Wildman–Crippen LogP) is 5.06. The molecule has 0 aliphatic carbocycles. The normalized spacial score (nSPS) is 11.0. The van der Waals surface area contributed by atoms with Gasteiger partial charge < -0.3 is 10.6 Å². The van der Waals surface area contributed by atoms with Crippen LogP contribution in [0.15, 0.2) is 71.6 Å². The van der Waals surface area contributed by atoms with Crippen LogP contribution in [0.1, 0.15) is 16.7 Å². The molecule has 3 rings (SSSR count). The quantitative estimate of drug-likeness (QED) is 0.551. The van der Waals surface area contributed by atoms with Crippen LogP contribution in [-0.4, -0.2) is 14.4 Å². The lowest BCUT2D eigenvalue weighted by molar-refractivity contribution is 0.262. The molecule has 0 spiro atoms. The summed E-state index contributed by atoms with van der Waals surface area (Å²) in [4.78, 5) is 12.6. The van der Waals surface area contributed by atoms with Crippen molar-refractivity contribution in [2.45, 2.75) is 25.7 Å². The van der Waals surface area contributed by atoms with Gasteiger partial charge >= 0.3 is 6.03 Å². The van der Waals surface area contributed by atoms with E-state index in [-0.39, 0.29) is 10.6 Å². The molecule has 0 aliphatic rings. The van der Waals surface area contributed by atoms with Gasteiger partial charge in [-0.1, -0.05) is 48.0 Å². The number of aryl methyl sites for hydroxylation is 3. The van der Waals surface area contributed by atoms with Gasteiger partial charge in [0.25, 0.3) is 10.0 Å². The van der Waals surface area contributed by atoms with Crippen LogP contribution >= 0.6 is 0 Å². The summed E-state index contributed by atoms with van der Waals surface area (Å²) in [6.07, 6.45) is 0. The van der Waals surface area contributed by atoms with Crippen LogP contribution in [0.3, 0.4) is 0 Å². The number of para-hydroxylation sites is 3. The van der Waals surface area contributed by atoms with Crippen molar-refractivity contribution in [3.63, 3.8) is 0 Å². The van der Waals surface area contributed by atoms with Gasteiger partial charge in [-0.2, -0.15) is 0 Å². The third kappa shape index (κ3) is 4.94. The topological polar surface area (TPSA) is 87.3 Å². The van der Waals surface area contributed by atoms with Crippen molar-refractivity contribution in [2.24, 2.45) is 0 Å².